The number of aliphatic hydroxyl groups excluding tert-OH is 1. The quantitative estimate of drug-likeness (QED) is 0.580. The van der Waals surface area contributed by atoms with Crippen LogP contribution in [-0.4, -0.2) is 40.2 Å². The number of ether oxygens (including phenoxy) is 1. The molecule has 10 heteroatoms. The Labute approximate surface area is 178 Å². The van der Waals surface area contributed by atoms with Crippen molar-refractivity contribution in [1.82, 2.24) is 20.2 Å². The van der Waals surface area contributed by atoms with Gasteiger partial charge in [0.2, 0.25) is 0 Å². The van der Waals surface area contributed by atoms with Crippen molar-refractivity contribution < 1.29 is 27.9 Å². The third-order valence-electron chi connectivity index (χ3n) is 5.76. The molecule has 0 fully saturated rings. The molecule has 1 aromatic heterocycles. The molecular formula is C21H27F3N4O3. The number of allylic oxidation sites excluding steroid dienone is 1. The molecule has 1 aromatic carbocycles. The Bertz CT molecular complexity index is 869. The zero-order chi connectivity index (χ0) is 22.5. The van der Waals surface area contributed by atoms with Gasteiger partial charge in [0.1, 0.15) is 18.4 Å². The van der Waals surface area contributed by atoms with Crippen LogP contribution in [0.4, 0.5) is 13.2 Å². The van der Waals surface area contributed by atoms with Crippen molar-refractivity contribution in [3.8, 4) is 5.75 Å². The molecule has 2 aromatic rings. The predicted octanol–water partition coefficient (Wildman–Crippen LogP) is 3.58. The van der Waals surface area contributed by atoms with Crippen LogP contribution in [0.15, 0.2) is 48.2 Å². The first-order valence-electron chi connectivity index (χ1n) is 10.0. The Morgan fingerprint density at radius 1 is 1.29 bits per heavy atom. The highest BCUT2D eigenvalue weighted by atomic mass is 19.4. The number of alkyl halides is 3. The van der Waals surface area contributed by atoms with Gasteiger partial charge in [-0.25, -0.2) is 9.67 Å². The molecule has 1 heterocycles. The summed E-state index contributed by atoms with van der Waals surface area (Å²) in [6.45, 7) is 2.85. The van der Waals surface area contributed by atoms with Crippen LogP contribution < -0.4 is 10.2 Å². The molecule has 0 radical (unpaired) electrons. The van der Waals surface area contributed by atoms with Gasteiger partial charge in [-0.1, -0.05) is 6.92 Å². The van der Waals surface area contributed by atoms with E-state index in [0.717, 1.165) is 36.2 Å². The number of aliphatic hydroxyl groups is 1. The third-order valence-corrected chi connectivity index (χ3v) is 5.76. The number of rotatable bonds is 9. The number of nitrogens with zero attached hydrogens (tertiary/aromatic N) is 3. The van der Waals surface area contributed by atoms with Gasteiger partial charge in [0.25, 0.3) is 0 Å². The molecule has 0 spiro atoms. The standard InChI is InChI=1S/C21H27F3N4O3/c1-20(9-10-29)8-7-15(12-31-17-5-3-16(4-6-17)21(22,23)24)18(19(20)27-30-2)11-28-14-25-13-26-28/h3-6,13-15,27,29H,7-12H2,1-2H3/t15-,20-/m0/s1. The van der Waals surface area contributed by atoms with Gasteiger partial charge in [0.05, 0.1) is 25.8 Å². The molecule has 0 saturated heterocycles. The molecule has 2 atom stereocenters. The second-order valence-corrected chi connectivity index (χ2v) is 7.90. The Hall–Kier alpha value is -2.59. The van der Waals surface area contributed by atoms with Gasteiger partial charge in [0, 0.05) is 23.6 Å². The maximum absolute atomic E-state index is 12.8. The average Bonchev–Trinajstić information content (AvgIpc) is 3.23. The van der Waals surface area contributed by atoms with Crippen LogP contribution in [0.3, 0.4) is 0 Å². The zero-order valence-electron chi connectivity index (χ0n) is 17.5. The van der Waals surface area contributed by atoms with Crippen LogP contribution in [0.25, 0.3) is 0 Å². The van der Waals surface area contributed by atoms with Crippen molar-refractivity contribution in [2.45, 2.75) is 38.9 Å². The first-order valence-corrected chi connectivity index (χ1v) is 10.0. The zero-order valence-corrected chi connectivity index (χ0v) is 17.5. The molecular weight excluding hydrogens is 413 g/mol. The Morgan fingerprint density at radius 2 is 2.03 bits per heavy atom. The topological polar surface area (TPSA) is 81.4 Å². The molecule has 7 nitrogen and oxygen atoms in total. The summed E-state index contributed by atoms with van der Waals surface area (Å²) >= 11 is 0. The van der Waals surface area contributed by atoms with Crippen LogP contribution in [0.2, 0.25) is 0 Å². The highest BCUT2D eigenvalue weighted by Crippen LogP contribution is 2.45. The Kier molecular flexibility index (Phi) is 7.22. The highest BCUT2D eigenvalue weighted by molar-refractivity contribution is 5.30. The van der Waals surface area contributed by atoms with E-state index in [2.05, 4.69) is 22.5 Å². The van der Waals surface area contributed by atoms with Gasteiger partial charge < -0.3 is 9.84 Å². The van der Waals surface area contributed by atoms with E-state index in [4.69, 9.17) is 9.57 Å². The number of hydroxylamine groups is 1. The average molecular weight is 440 g/mol. The number of hydrogen-bond donors (Lipinski definition) is 2. The van der Waals surface area contributed by atoms with Crippen molar-refractivity contribution in [1.29, 1.82) is 0 Å². The largest absolute Gasteiger partial charge is 0.493 e. The summed E-state index contributed by atoms with van der Waals surface area (Å²) in [6.07, 6.45) is 0.827. The van der Waals surface area contributed by atoms with Crippen LogP contribution >= 0.6 is 0 Å². The van der Waals surface area contributed by atoms with Gasteiger partial charge in [-0.3, -0.25) is 10.3 Å². The summed E-state index contributed by atoms with van der Waals surface area (Å²) in [5.74, 6) is 0.356. The molecule has 3 rings (SSSR count). The van der Waals surface area contributed by atoms with E-state index in [1.54, 1.807) is 11.0 Å². The molecule has 0 unspecified atom stereocenters. The fraction of sp³-hybridized carbons (Fsp3) is 0.524. The number of benzene rings is 1. The molecule has 170 valence electrons. The highest BCUT2D eigenvalue weighted by Gasteiger charge is 2.39. The van der Waals surface area contributed by atoms with E-state index in [0.29, 0.717) is 25.3 Å². The van der Waals surface area contributed by atoms with Crippen molar-refractivity contribution in [2.75, 3.05) is 20.3 Å². The summed E-state index contributed by atoms with van der Waals surface area (Å²) < 4.78 is 45.9. The third kappa shape index (κ3) is 5.56. The molecule has 31 heavy (non-hydrogen) atoms. The molecule has 0 saturated carbocycles. The smallest absolute Gasteiger partial charge is 0.416 e. The van der Waals surface area contributed by atoms with E-state index in [1.807, 2.05) is 0 Å². The number of halogens is 3. The van der Waals surface area contributed by atoms with Crippen LogP contribution in [0, 0.1) is 11.3 Å². The molecule has 0 bridgehead atoms. The van der Waals surface area contributed by atoms with Crippen molar-refractivity contribution in [3.63, 3.8) is 0 Å². The fourth-order valence-corrected chi connectivity index (χ4v) is 3.99. The molecule has 2 N–H and O–H groups in total. The lowest BCUT2D eigenvalue weighted by Crippen LogP contribution is -2.39. The van der Waals surface area contributed by atoms with E-state index in [9.17, 15) is 18.3 Å². The molecule has 1 aliphatic rings. The molecule has 0 aliphatic heterocycles. The SMILES string of the molecule is CONC1=C(Cn2cncn2)[C@H](COc2ccc(C(F)(F)F)cc2)CC[C@@]1(C)CCO. The molecule has 1 aliphatic carbocycles. The first-order chi connectivity index (χ1) is 14.8. The van der Waals surface area contributed by atoms with Gasteiger partial charge in [-0.15, -0.1) is 0 Å². The number of aromatic nitrogens is 3. The predicted molar refractivity (Wildman–Crippen MR) is 107 cm³/mol. The van der Waals surface area contributed by atoms with Crippen LogP contribution in [0.5, 0.6) is 5.75 Å². The summed E-state index contributed by atoms with van der Waals surface area (Å²) in [7, 11) is 1.53. The maximum Gasteiger partial charge on any atom is 0.416 e. The lowest BCUT2D eigenvalue weighted by atomic mass is 9.69. The van der Waals surface area contributed by atoms with Crippen molar-refractivity contribution in [3.05, 3.63) is 53.8 Å². The second kappa shape index (κ2) is 9.69. The minimum atomic E-state index is -4.38. The van der Waals surface area contributed by atoms with Crippen molar-refractivity contribution >= 4 is 0 Å². The molecule has 0 amide bonds. The number of hydrogen-bond acceptors (Lipinski definition) is 6. The van der Waals surface area contributed by atoms with E-state index < -0.39 is 11.7 Å². The van der Waals surface area contributed by atoms with Crippen LogP contribution in [-0.2, 0) is 17.6 Å². The fourth-order valence-electron chi connectivity index (χ4n) is 3.99. The van der Waals surface area contributed by atoms with Crippen LogP contribution in [0.1, 0.15) is 31.7 Å². The van der Waals surface area contributed by atoms with Gasteiger partial charge >= 0.3 is 6.18 Å². The lowest BCUT2D eigenvalue weighted by Gasteiger charge is -2.41. The lowest BCUT2D eigenvalue weighted by molar-refractivity contribution is -0.137. The Morgan fingerprint density at radius 3 is 2.61 bits per heavy atom. The van der Waals surface area contributed by atoms with Gasteiger partial charge in [-0.05, 0) is 49.1 Å². The normalized spacial score (nSPS) is 21.9. The van der Waals surface area contributed by atoms with E-state index in [-0.39, 0.29) is 17.9 Å². The minimum Gasteiger partial charge on any atom is -0.493 e. The summed E-state index contributed by atoms with van der Waals surface area (Å²) in [6, 6.07) is 4.69. The Balaban J connectivity index is 1.84. The maximum atomic E-state index is 12.8. The minimum absolute atomic E-state index is 0.0177. The van der Waals surface area contributed by atoms with Crippen molar-refractivity contribution in [2.24, 2.45) is 11.3 Å². The first kappa shape index (κ1) is 23.1. The van der Waals surface area contributed by atoms with E-state index >= 15 is 0 Å². The monoisotopic (exact) mass is 440 g/mol. The second-order valence-electron chi connectivity index (χ2n) is 7.90. The summed E-state index contributed by atoms with van der Waals surface area (Å²) in [5, 5.41) is 13.8. The summed E-state index contributed by atoms with van der Waals surface area (Å²) in [4.78, 5) is 9.24. The van der Waals surface area contributed by atoms with Gasteiger partial charge in [-0.2, -0.15) is 18.3 Å². The number of nitrogens with one attached hydrogen (secondary N) is 1. The van der Waals surface area contributed by atoms with E-state index in [1.165, 1.54) is 25.6 Å². The summed E-state index contributed by atoms with van der Waals surface area (Å²) in [5.41, 5.74) is 3.84. The van der Waals surface area contributed by atoms with Gasteiger partial charge in [0.15, 0.2) is 0 Å².